The van der Waals surface area contributed by atoms with Crippen LogP contribution in [0.3, 0.4) is 0 Å². The van der Waals surface area contributed by atoms with Crippen LogP contribution in [0, 0.1) is 0 Å². The Morgan fingerprint density at radius 2 is 2.31 bits per heavy atom. The highest BCUT2D eigenvalue weighted by atomic mass is 32.1. The highest BCUT2D eigenvalue weighted by Gasteiger charge is 2.03. The molecule has 1 N–H and O–H groups in total. The van der Waals surface area contributed by atoms with Crippen LogP contribution in [0.1, 0.15) is 15.9 Å². The van der Waals surface area contributed by atoms with Crippen molar-refractivity contribution in [1.82, 2.24) is 0 Å². The summed E-state index contributed by atoms with van der Waals surface area (Å²) in [5.74, 6) is 0. The lowest BCUT2D eigenvalue weighted by Gasteiger charge is -1.95. The minimum absolute atomic E-state index is 0.0179. The zero-order valence-electron chi connectivity index (χ0n) is 6.86. The Morgan fingerprint density at radius 3 is 3.00 bits per heavy atom. The smallest absolute Gasteiger partial charge is 0.151 e. The summed E-state index contributed by atoms with van der Waals surface area (Å²) in [5, 5.41) is 11.7. The third kappa shape index (κ3) is 1.36. The monoisotopic (exact) mass is 192 g/mol. The molecule has 0 saturated carbocycles. The highest BCUT2D eigenvalue weighted by molar-refractivity contribution is 7.17. The molecule has 0 fully saturated rings. The third-order valence-electron chi connectivity index (χ3n) is 1.98. The first-order valence-corrected chi connectivity index (χ1v) is 4.79. The van der Waals surface area contributed by atoms with Crippen LogP contribution in [-0.4, -0.2) is 11.4 Å². The van der Waals surface area contributed by atoms with E-state index in [1.54, 1.807) is 11.3 Å². The van der Waals surface area contributed by atoms with Gasteiger partial charge in [0.15, 0.2) is 6.29 Å². The first-order chi connectivity index (χ1) is 6.35. The molecule has 1 aromatic heterocycles. The van der Waals surface area contributed by atoms with Gasteiger partial charge >= 0.3 is 0 Å². The molecule has 0 aliphatic carbocycles. The summed E-state index contributed by atoms with van der Waals surface area (Å²) in [6.45, 7) is 0.0179. The van der Waals surface area contributed by atoms with E-state index in [2.05, 4.69) is 0 Å². The van der Waals surface area contributed by atoms with E-state index in [9.17, 15) is 4.79 Å². The topological polar surface area (TPSA) is 37.3 Å². The number of hydrogen-bond acceptors (Lipinski definition) is 3. The summed E-state index contributed by atoms with van der Waals surface area (Å²) < 4.78 is 1.08. The second-order valence-electron chi connectivity index (χ2n) is 2.80. The second kappa shape index (κ2) is 3.28. The van der Waals surface area contributed by atoms with Crippen molar-refractivity contribution in [2.45, 2.75) is 6.61 Å². The predicted octanol–water partition coefficient (Wildman–Crippen LogP) is 2.21. The summed E-state index contributed by atoms with van der Waals surface area (Å²) in [6.07, 6.45) is 0.847. The number of thiophene rings is 1. The lowest BCUT2D eigenvalue weighted by Crippen LogP contribution is -1.82. The number of fused-ring (bicyclic) bond motifs is 1. The van der Waals surface area contributed by atoms with E-state index in [0.29, 0.717) is 5.56 Å². The summed E-state index contributed by atoms with van der Waals surface area (Å²) >= 11 is 1.54. The van der Waals surface area contributed by atoms with Crippen LogP contribution in [-0.2, 0) is 6.61 Å². The van der Waals surface area contributed by atoms with Crippen LogP contribution in [0.5, 0.6) is 0 Å². The zero-order chi connectivity index (χ0) is 9.26. The first kappa shape index (κ1) is 8.41. The number of aldehydes is 1. The number of carbonyl (C=O) groups is 1. The fraction of sp³-hybridized carbons (Fsp3) is 0.100. The van der Waals surface area contributed by atoms with E-state index >= 15 is 0 Å². The Kier molecular flexibility index (Phi) is 2.12. The van der Waals surface area contributed by atoms with Gasteiger partial charge in [0.2, 0.25) is 0 Å². The number of carbonyl (C=O) groups excluding carboxylic acids is 1. The number of aliphatic hydroxyl groups is 1. The van der Waals surface area contributed by atoms with Crippen LogP contribution >= 0.6 is 11.3 Å². The average Bonchev–Trinajstić information content (AvgIpc) is 2.59. The Bertz CT molecular complexity index is 445. The Balaban J connectivity index is 2.71. The lowest BCUT2D eigenvalue weighted by molar-refractivity contribution is 0.112. The maximum Gasteiger partial charge on any atom is 0.151 e. The summed E-state index contributed by atoms with van der Waals surface area (Å²) in [6, 6.07) is 5.65. The van der Waals surface area contributed by atoms with Gasteiger partial charge in [-0.1, -0.05) is 6.07 Å². The molecule has 0 aliphatic rings. The fourth-order valence-electron chi connectivity index (χ4n) is 1.29. The maximum atomic E-state index is 10.6. The lowest BCUT2D eigenvalue weighted by atomic mass is 10.1. The molecule has 0 radical (unpaired) electrons. The van der Waals surface area contributed by atoms with Gasteiger partial charge in [0, 0.05) is 21.0 Å². The molecule has 0 bridgehead atoms. The summed E-state index contributed by atoms with van der Waals surface area (Å²) in [4.78, 5) is 10.6. The first-order valence-electron chi connectivity index (χ1n) is 3.91. The standard InChI is InChI=1S/C10H8O2S/c11-4-7-1-2-10-9(3-7)8(5-12)6-13-10/h1-3,5-6,11H,4H2. The van der Waals surface area contributed by atoms with Crippen molar-refractivity contribution in [2.75, 3.05) is 0 Å². The normalized spacial score (nSPS) is 10.5. The van der Waals surface area contributed by atoms with Crippen molar-refractivity contribution in [2.24, 2.45) is 0 Å². The number of benzene rings is 1. The van der Waals surface area contributed by atoms with Gasteiger partial charge in [-0.3, -0.25) is 4.79 Å². The van der Waals surface area contributed by atoms with Crippen molar-refractivity contribution in [3.8, 4) is 0 Å². The van der Waals surface area contributed by atoms with Crippen LogP contribution < -0.4 is 0 Å². The van der Waals surface area contributed by atoms with Crippen molar-refractivity contribution in [3.63, 3.8) is 0 Å². The van der Waals surface area contributed by atoms with E-state index < -0.39 is 0 Å². The number of rotatable bonds is 2. The largest absolute Gasteiger partial charge is 0.392 e. The van der Waals surface area contributed by atoms with Gasteiger partial charge in [-0.15, -0.1) is 11.3 Å². The summed E-state index contributed by atoms with van der Waals surface area (Å²) in [7, 11) is 0. The van der Waals surface area contributed by atoms with Crippen molar-refractivity contribution in [1.29, 1.82) is 0 Å². The molecule has 2 nitrogen and oxygen atoms in total. The molecule has 0 amide bonds. The third-order valence-corrected chi connectivity index (χ3v) is 2.96. The van der Waals surface area contributed by atoms with Crippen molar-refractivity contribution >= 4 is 27.7 Å². The van der Waals surface area contributed by atoms with Crippen LogP contribution in [0.15, 0.2) is 23.6 Å². The van der Waals surface area contributed by atoms with Gasteiger partial charge in [-0.05, 0) is 17.7 Å². The second-order valence-corrected chi connectivity index (χ2v) is 3.71. The van der Waals surface area contributed by atoms with Crippen molar-refractivity contribution in [3.05, 3.63) is 34.7 Å². The average molecular weight is 192 g/mol. The molecule has 3 heteroatoms. The molecule has 1 aromatic carbocycles. The van der Waals surface area contributed by atoms with Gasteiger partial charge in [0.1, 0.15) is 0 Å². The van der Waals surface area contributed by atoms with E-state index in [0.717, 1.165) is 21.9 Å². The van der Waals surface area contributed by atoms with E-state index in [1.807, 2.05) is 23.6 Å². The van der Waals surface area contributed by atoms with Crippen LogP contribution in [0.2, 0.25) is 0 Å². The van der Waals surface area contributed by atoms with Crippen LogP contribution in [0.25, 0.3) is 10.1 Å². The van der Waals surface area contributed by atoms with Gasteiger partial charge < -0.3 is 5.11 Å². The molecular formula is C10H8O2S. The molecule has 13 heavy (non-hydrogen) atoms. The Labute approximate surface area is 79.4 Å². The van der Waals surface area contributed by atoms with E-state index in [-0.39, 0.29) is 6.61 Å². The van der Waals surface area contributed by atoms with Crippen molar-refractivity contribution < 1.29 is 9.90 Å². The number of hydrogen-bond donors (Lipinski definition) is 1. The SMILES string of the molecule is O=Cc1csc2ccc(CO)cc12. The molecule has 1 heterocycles. The molecular weight excluding hydrogens is 184 g/mol. The molecule has 0 aliphatic heterocycles. The summed E-state index contributed by atoms with van der Waals surface area (Å²) in [5.41, 5.74) is 1.55. The molecule has 66 valence electrons. The van der Waals surface area contributed by atoms with Gasteiger partial charge in [-0.2, -0.15) is 0 Å². The van der Waals surface area contributed by atoms with Gasteiger partial charge in [0.25, 0.3) is 0 Å². The minimum Gasteiger partial charge on any atom is -0.392 e. The minimum atomic E-state index is 0.0179. The molecule has 0 saturated heterocycles. The number of aliphatic hydroxyl groups excluding tert-OH is 1. The molecule has 2 rings (SSSR count). The molecule has 0 atom stereocenters. The molecule has 0 spiro atoms. The fourth-order valence-corrected chi connectivity index (χ4v) is 2.17. The Hall–Kier alpha value is -1.19. The maximum absolute atomic E-state index is 10.6. The van der Waals surface area contributed by atoms with Gasteiger partial charge in [0.05, 0.1) is 6.61 Å². The highest BCUT2D eigenvalue weighted by Crippen LogP contribution is 2.25. The zero-order valence-corrected chi connectivity index (χ0v) is 7.67. The van der Waals surface area contributed by atoms with Crippen LogP contribution in [0.4, 0.5) is 0 Å². The molecule has 0 unspecified atom stereocenters. The van der Waals surface area contributed by atoms with E-state index in [1.165, 1.54) is 0 Å². The van der Waals surface area contributed by atoms with Gasteiger partial charge in [-0.25, -0.2) is 0 Å². The Morgan fingerprint density at radius 1 is 1.46 bits per heavy atom. The predicted molar refractivity (Wildman–Crippen MR) is 53.1 cm³/mol. The quantitative estimate of drug-likeness (QED) is 0.741. The molecule has 2 aromatic rings. The van der Waals surface area contributed by atoms with E-state index in [4.69, 9.17) is 5.11 Å².